The average Bonchev–Trinajstić information content (AvgIpc) is 2.85. The van der Waals surface area contributed by atoms with Crippen LogP contribution in [-0.4, -0.2) is 11.1 Å². The highest BCUT2D eigenvalue weighted by molar-refractivity contribution is 9.11. The summed E-state index contributed by atoms with van der Waals surface area (Å²) in [5.74, 6) is -0.745. The third-order valence-corrected chi connectivity index (χ3v) is 3.52. The number of rotatable bonds is 3. The molecule has 1 aliphatic carbocycles. The zero-order chi connectivity index (χ0) is 11.0. The van der Waals surface area contributed by atoms with Crippen molar-refractivity contribution in [2.24, 2.45) is 5.92 Å². The molecule has 1 fully saturated rings. The van der Waals surface area contributed by atoms with Gasteiger partial charge in [-0.05, 0) is 42.5 Å². The van der Waals surface area contributed by atoms with E-state index in [9.17, 15) is 9.90 Å². The van der Waals surface area contributed by atoms with Gasteiger partial charge in [0.25, 0.3) is 0 Å². The van der Waals surface area contributed by atoms with E-state index in [1.165, 1.54) is 0 Å². The number of carboxylic acids is 1. The molecule has 1 unspecified atom stereocenters. The number of benzene rings is 1. The first kappa shape index (κ1) is 11.1. The number of aliphatic carboxylic acids is 1. The van der Waals surface area contributed by atoms with E-state index in [0.717, 1.165) is 27.4 Å². The van der Waals surface area contributed by atoms with E-state index in [1.807, 2.05) is 18.2 Å². The maximum absolute atomic E-state index is 11.2. The van der Waals surface area contributed by atoms with E-state index >= 15 is 0 Å². The summed E-state index contributed by atoms with van der Waals surface area (Å²) in [6, 6.07) is 5.69. The Bertz CT molecular complexity index is 379. The second kappa shape index (κ2) is 4.26. The molecule has 0 amide bonds. The van der Waals surface area contributed by atoms with Crippen LogP contribution in [0.1, 0.15) is 24.3 Å². The minimum atomic E-state index is -0.720. The predicted octanol–water partition coefficient (Wildman–Crippen LogP) is 3.79. The minimum absolute atomic E-state index is 0.323. The summed E-state index contributed by atoms with van der Waals surface area (Å²) in [6.07, 6.45) is 2.06. The summed E-state index contributed by atoms with van der Waals surface area (Å²) in [4.78, 5) is 11.2. The number of carboxylic acid groups (broad SMARTS) is 1. The molecule has 15 heavy (non-hydrogen) atoms. The minimum Gasteiger partial charge on any atom is -0.481 e. The third-order valence-electron chi connectivity index (χ3n) is 2.60. The van der Waals surface area contributed by atoms with Gasteiger partial charge in [0, 0.05) is 8.95 Å². The Labute approximate surface area is 105 Å². The highest BCUT2D eigenvalue weighted by atomic mass is 79.9. The molecule has 0 saturated heterocycles. The Kier molecular flexibility index (Phi) is 3.16. The molecule has 0 bridgehead atoms. The number of halogens is 2. The normalized spacial score (nSPS) is 17.5. The summed E-state index contributed by atoms with van der Waals surface area (Å²) in [5.41, 5.74) is 0.881. The predicted molar refractivity (Wildman–Crippen MR) is 64.9 cm³/mol. The zero-order valence-corrected chi connectivity index (χ0v) is 11.1. The quantitative estimate of drug-likeness (QED) is 0.913. The third kappa shape index (κ3) is 2.61. The van der Waals surface area contributed by atoms with Crippen molar-refractivity contribution in [1.82, 2.24) is 0 Å². The van der Waals surface area contributed by atoms with Crippen molar-refractivity contribution in [3.63, 3.8) is 0 Å². The van der Waals surface area contributed by atoms with Gasteiger partial charge in [0.15, 0.2) is 0 Å². The van der Waals surface area contributed by atoms with Crippen LogP contribution in [0.5, 0.6) is 0 Å². The van der Waals surface area contributed by atoms with Crippen LogP contribution in [0.3, 0.4) is 0 Å². The van der Waals surface area contributed by atoms with Crippen LogP contribution in [0.4, 0.5) is 0 Å². The van der Waals surface area contributed by atoms with Gasteiger partial charge >= 0.3 is 5.97 Å². The van der Waals surface area contributed by atoms with E-state index in [1.54, 1.807) is 0 Å². The van der Waals surface area contributed by atoms with Gasteiger partial charge in [-0.1, -0.05) is 31.9 Å². The van der Waals surface area contributed by atoms with Crippen molar-refractivity contribution in [2.75, 3.05) is 0 Å². The van der Waals surface area contributed by atoms with Crippen molar-refractivity contribution < 1.29 is 9.90 Å². The van der Waals surface area contributed by atoms with Crippen LogP contribution >= 0.6 is 31.9 Å². The summed E-state index contributed by atoms with van der Waals surface area (Å²) in [5, 5.41) is 9.19. The van der Waals surface area contributed by atoms with E-state index in [4.69, 9.17) is 0 Å². The van der Waals surface area contributed by atoms with E-state index in [0.29, 0.717) is 5.92 Å². The molecule has 1 aromatic carbocycles. The Morgan fingerprint density at radius 3 is 2.20 bits per heavy atom. The molecule has 0 aromatic heterocycles. The second-order valence-corrected chi connectivity index (χ2v) is 5.69. The zero-order valence-electron chi connectivity index (χ0n) is 7.91. The molecule has 0 spiro atoms. The van der Waals surface area contributed by atoms with Crippen molar-refractivity contribution in [2.45, 2.75) is 18.8 Å². The lowest BCUT2D eigenvalue weighted by Gasteiger charge is -2.12. The molecule has 1 atom stereocenters. The van der Waals surface area contributed by atoms with Crippen molar-refractivity contribution in [3.05, 3.63) is 32.7 Å². The maximum atomic E-state index is 11.2. The van der Waals surface area contributed by atoms with Gasteiger partial charge in [-0.2, -0.15) is 0 Å². The molecule has 1 saturated carbocycles. The lowest BCUT2D eigenvalue weighted by atomic mass is 9.94. The van der Waals surface area contributed by atoms with Gasteiger partial charge in [-0.25, -0.2) is 0 Å². The molecule has 2 nitrogen and oxygen atoms in total. The first-order chi connectivity index (χ1) is 7.08. The van der Waals surface area contributed by atoms with Crippen LogP contribution in [0, 0.1) is 5.92 Å². The van der Waals surface area contributed by atoms with E-state index < -0.39 is 5.97 Å². The molecule has 4 heteroatoms. The molecule has 80 valence electrons. The van der Waals surface area contributed by atoms with Crippen LogP contribution < -0.4 is 0 Å². The molecular weight excluding hydrogens is 324 g/mol. The van der Waals surface area contributed by atoms with Gasteiger partial charge in [-0.15, -0.1) is 0 Å². The second-order valence-electron chi connectivity index (χ2n) is 3.86. The van der Waals surface area contributed by atoms with Crippen LogP contribution in [-0.2, 0) is 4.79 Å². The van der Waals surface area contributed by atoms with Crippen LogP contribution in [0.15, 0.2) is 27.1 Å². The molecule has 1 aliphatic rings. The van der Waals surface area contributed by atoms with Crippen LogP contribution in [0.25, 0.3) is 0 Å². The average molecular weight is 334 g/mol. The largest absolute Gasteiger partial charge is 0.481 e. The summed E-state index contributed by atoms with van der Waals surface area (Å²) in [7, 11) is 0. The lowest BCUT2D eigenvalue weighted by molar-refractivity contribution is -0.139. The SMILES string of the molecule is O=C(O)C(c1cc(Br)cc(Br)c1)C1CC1. The van der Waals surface area contributed by atoms with E-state index in [-0.39, 0.29) is 5.92 Å². The van der Waals surface area contributed by atoms with Crippen molar-refractivity contribution in [3.8, 4) is 0 Å². The smallest absolute Gasteiger partial charge is 0.311 e. The van der Waals surface area contributed by atoms with Gasteiger partial charge in [0.05, 0.1) is 5.92 Å². The van der Waals surface area contributed by atoms with Crippen molar-refractivity contribution >= 4 is 37.8 Å². The fourth-order valence-electron chi connectivity index (χ4n) is 1.80. The molecule has 0 aliphatic heterocycles. The van der Waals surface area contributed by atoms with Gasteiger partial charge in [-0.3, -0.25) is 4.79 Å². The molecule has 0 radical (unpaired) electrons. The van der Waals surface area contributed by atoms with Crippen LogP contribution in [0.2, 0.25) is 0 Å². The standard InChI is InChI=1S/C11H10Br2O2/c12-8-3-7(4-9(13)5-8)10(11(14)15)6-1-2-6/h3-6,10H,1-2H2,(H,14,15). The summed E-state index contributed by atoms with van der Waals surface area (Å²) < 4.78 is 1.83. The monoisotopic (exact) mass is 332 g/mol. The molecular formula is C11H10Br2O2. The Morgan fingerprint density at radius 2 is 1.80 bits per heavy atom. The number of hydrogen-bond acceptors (Lipinski definition) is 1. The highest BCUT2D eigenvalue weighted by Crippen LogP contribution is 2.43. The van der Waals surface area contributed by atoms with E-state index in [2.05, 4.69) is 31.9 Å². The molecule has 1 N–H and O–H groups in total. The Hall–Kier alpha value is -0.350. The van der Waals surface area contributed by atoms with Gasteiger partial charge in [0.1, 0.15) is 0 Å². The summed E-state index contributed by atoms with van der Waals surface area (Å²) in [6.45, 7) is 0. The Balaban J connectivity index is 2.36. The topological polar surface area (TPSA) is 37.3 Å². The Morgan fingerprint density at radius 1 is 1.27 bits per heavy atom. The molecule has 0 heterocycles. The maximum Gasteiger partial charge on any atom is 0.311 e. The lowest BCUT2D eigenvalue weighted by Crippen LogP contribution is -2.13. The fraction of sp³-hybridized carbons (Fsp3) is 0.364. The summed E-state index contributed by atoms with van der Waals surface area (Å²) >= 11 is 6.75. The van der Waals surface area contributed by atoms with Gasteiger partial charge < -0.3 is 5.11 Å². The van der Waals surface area contributed by atoms with Gasteiger partial charge in [0.2, 0.25) is 0 Å². The first-order valence-corrected chi connectivity index (χ1v) is 6.35. The first-order valence-electron chi connectivity index (χ1n) is 4.76. The highest BCUT2D eigenvalue weighted by Gasteiger charge is 2.37. The molecule has 2 rings (SSSR count). The fourth-order valence-corrected chi connectivity index (χ4v) is 3.13. The van der Waals surface area contributed by atoms with Crippen molar-refractivity contribution in [1.29, 1.82) is 0 Å². The molecule has 1 aromatic rings. The number of hydrogen-bond donors (Lipinski definition) is 1. The number of carbonyl (C=O) groups is 1.